The molecule has 4 rings (SSSR count). The largest absolute Gasteiger partial charge is 0.294 e. The maximum Gasteiger partial charge on any atom is 0.163 e. The SMILES string of the molecule is C=C(C)C1CC2=C(CC3=C2CCC=C3)C(c2ccc(C)cc2)C1C(=O)/C(C)=C(/C=C(/C)CC)CC. The Balaban J connectivity index is 1.88. The van der Waals surface area contributed by atoms with Gasteiger partial charge in [-0.15, -0.1) is 0 Å². The lowest BCUT2D eigenvalue weighted by Crippen LogP contribution is -2.36. The minimum absolute atomic E-state index is 0.101. The van der Waals surface area contributed by atoms with Gasteiger partial charge in [0.1, 0.15) is 0 Å². The van der Waals surface area contributed by atoms with Crippen molar-refractivity contribution in [2.75, 3.05) is 0 Å². The summed E-state index contributed by atoms with van der Waals surface area (Å²) in [5.74, 6) is 0.482. The van der Waals surface area contributed by atoms with Gasteiger partial charge < -0.3 is 0 Å². The van der Waals surface area contributed by atoms with Gasteiger partial charge in [-0.3, -0.25) is 4.79 Å². The number of ketones is 1. The van der Waals surface area contributed by atoms with E-state index in [2.05, 4.69) is 90.6 Å². The number of carbonyl (C=O) groups excluding carboxylic acids is 1. The van der Waals surface area contributed by atoms with Crippen molar-refractivity contribution in [2.45, 2.75) is 86.0 Å². The highest BCUT2D eigenvalue weighted by Crippen LogP contribution is 2.56. The molecule has 3 unspecified atom stereocenters. The van der Waals surface area contributed by atoms with Crippen molar-refractivity contribution in [1.29, 1.82) is 0 Å². The van der Waals surface area contributed by atoms with E-state index in [9.17, 15) is 4.79 Å². The average molecular weight is 467 g/mol. The quantitative estimate of drug-likeness (QED) is 0.222. The highest BCUT2D eigenvalue weighted by atomic mass is 16.1. The summed E-state index contributed by atoms with van der Waals surface area (Å²) in [5.41, 5.74) is 13.2. The van der Waals surface area contributed by atoms with Crippen LogP contribution >= 0.6 is 0 Å². The Morgan fingerprint density at radius 1 is 1.06 bits per heavy atom. The molecule has 35 heavy (non-hydrogen) atoms. The molecule has 1 nitrogen and oxygen atoms in total. The minimum atomic E-state index is -0.101. The molecule has 0 aromatic heterocycles. The first-order valence-electron chi connectivity index (χ1n) is 13.5. The number of hydrogen-bond donors (Lipinski definition) is 0. The van der Waals surface area contributed by atoms with Crippen LogP contribution in [-0.4, -0.2) is 5.78 Å². The topological polar surface area (TPSA) is 17.1 Å². The number of carbonyl (C=O) groups is 1. The van der Waals surface area contributed by atoms with Gasteiger partial charge in [-0.25, -0.2) is 0 Å². The van der Waals surface area contributed by atoms with Crippen LogP contribution < -0.4 is 0 Å². The summed E-state index contributed by atoms with van der Waals surface area (Å²) >= 11 is 0. The van der Waals surface area contributed by atoms with E-state index < -0.39 is 0 Å². The summed E-state index contributed by atoms with van der Waals surface area (Å²) in [6, 6.07) is 8.94. The first-order valence-corrected chi connectivity index (χ1v) is 13.5. The number of allylic oxidation sites excluding steroid dienone is 11. The highest BCUT2D eigenvalue weighted by molar-refractivity contribution is 5.99. The molecule has 0 N–H and O–H groups in total. The molecule has 0 amide bonds. The second kappa shape index (κ2) is 10.5. The number of benzene rings is 1. The maximum atomic E-state index is 14.5. The Hall–Kier alpha value is -2.67. The Kier molecular flexibility index (Phi) is 7.64. The van der Waals surface area contributed by atoms with Crippen LogP contribution in [0.1, 0.15) is 90.2 Å². The van der Waals surface area contributed by atoms with Crippen molar-refractivity contribution in [3.63, 3.8) is 0 Å². The molecule has 184 valence electrons. The van der Waals surface area contributed by atoms with E-state index >= 15 is 0 Å². The van der Waals surface area contributed by atoms with Crippen molar-refractivity contribution in [1.82, 2.24) is 0 Å². The van der Waals surface area contributed by atoms with Crippen LogP contribution in [0.3, 0.4) is 0 Å². The molecule has 0 saturated heterocycles. The zero-order chi connectivity index (χ0) is 25.3. The van der Waals surface area contributed by atoms with Gasteiger partial charge in [0.25, 0.3) is 0 Å². The summed E-state index contributed by atoms with van der Waals surface area (Å²) in [5, 5.41) is 0. The fourth-order valence-corrected chi connectivity index (χ4v) is 6.36. The van der Waals surface area contributed by atoms with E-state index in [1.165, 1.54) is 39.0 Å². The molecule has 3 aliphatic rings. The van der Waals surface area contributed by atoms with Crippen LogP contribution in [-0.2, 0) is 4.79 Å². The first kappa shape index (κ1) is 25.4. The van der Waals surface area contributed by atoms with Gasteiger partial charge in [-0.1, -0.05) is 85.2 Å². The molecule has 3 aliphatic carbocycles. The second-order valence-electron chi connectivity index (χ2n) is 10.9. The van der Waals surface area contributed by atoms with Crippen molar-refractivity contribution in [3.05, 3.63) is 105 Å². The first-order chi connectivity index (χ1) is 16.8. The monoisotopic (exact) mass is 466 g/mol. The van der Waals surface area contributed by atoms with Crippen LogP contribution in [0.25, 0.3) is 0 Å². The number of rotatable bonds is 7. The van der Waals surface area contributed by atoms with Gasteiger partial charge in [0.2, 0.25) is 0 Å². The fraction of sp³-hybridized carbons (Fsp3) is 0.441. The van der Waals surface area contributed by atoms with Crippen molar-refractivity contribution in [3.8, 4) is 0 Å². The van der Waals surface area contributed by atoms with E-state index in [4.69, 9.17) is 0 Å². The molecule has 3 atom stereocenters. The Bertz CT molecular complexity index is 1180. The van der Waals surface area contributed by atoms with Gasteiger partial charge in [-0.05, 0) is 106 Å². The lowest BCUT2D eigenvalue weighted by atomic mass is 9.62. The van der Waals surface area contributed by atoms with E-state index in [1.807, 2.05) is 0 Å². The van der Waals surface area contributed by atoms with Crippen molar-refractivity contribution in [2.24, 2.45) is 11.8 Å². The summed E-state index contributed by atoms with van der Waals surface area (Å²) < 4.78 is 0. The van der Waals surface area contributed by atoms with Gasteiger partial charge in [0.15, 0.2) is 5.78 Å². The van der Waals surface area contributed by atoms with E-state index in [0.29, 0.717) is 5.78 Å². The molecule has 0 bridgehead atoms. The predicted octanol–water partition coefficient (Wildman–Crippen LogP) is 9.29. The summed E-state index contributed by atoms with van der Waals surface area (Å²) in [4.78, 5) is 14.5. The molecule has 0 saturated carbocycles. The minimum Gasteiger partial charge on any atom is -0.294 e. The third-order valence-electron chi connectivity index (χ3n) is 8.58. The Morgan fingerprint density at radius 2 is 1.77 bits per heavy atom. The molecule has 0 fully saturated rings. The van der Waals surface area contributed by atoms with E-state index in [1.54, 1.807) is 5.57 Å². The van der Waals surface area contributed by atoms with Gasteiger partial charge in [0.05, 0.1) is 0 Å². The molecule has 0 heterocycles. The van der Waals surface area contributed by atoms with Crippen LogP contribution in [0.4, 0.5) is 0 Å². The van der Waals surface area contributed by atoms with Gasteiger partial charge in [0, 0.05) is 11.8 Å². The molecule has 1 aromatic carbocycles. The lowest BCUT2D eigenvalue weighted by molar-refractivity contribution is -0.121. The Morgan fingerprint density at radius 3 is 2.40 bits per heavy atom. The highest BCUT2D eigenvalue weighted by Gasteiger charge is 2.46. The zero-order valence-corrected chi connectivity index (χ0v) is 22.6. The third-order valence-corrected chi connectivity index (χ3v) is 8.58. The van der Waals surface area contributed by atoms with E-state index in [-0.39, 0.29) is 17.8 Å². The molecule has 1 aromatic rings. The lowest BCUT2D eigenvalue weighted by Gasteiger charge is -2.40. The van der Waals surface area contributed by atoms with Crippen molar-refractivity contribution >= 4 is 5.78 Å². The smallest absolute Gasteiger partial charge is 0.163 e. The molecule has 0 spiro atoms. The average Bonchev–Trinajstić information content (AvgIpc) is 3.24. The Labute approximate surface area is 213 Å². The van der Waals surface area contributed by atoms with Crippen LogP contribution in [0.2, 0.25) is 0 Å². The van der Waals surface area contributed by atoms with Gasteiger partial charge >= 0.3 is 0 Å². The standard InChI is InChI=1S/C34H42O/c1-8-22(5)18-25(9-2)24(7)34(35)33-29(21(3)4)20-30-28-13-11-10-12-27(28)19-31(30)32(33)26-16-14-23(6)15-17-26/h10,12,14-18,29,32-33H,3,8-9,11,13,19-20H2,1-2,4-7H3/b22-18-,25-24+. The number of aryl methyl sites for hydroxylation is 1. The molecular weight excluding hydrogens is 424 g/mol. The molecule has 0 aliphatic heterocycles. The zero-order valence-electron chi connectivity index (χ0n) is 22.6. The summed E-state index contributed by atoms with van der Waals surface area (Å²) in [6.45, 7) is 17.3. The predicted molar refractivity (Wildman–Crippen MR) is 149 cm³/mol. The normalized spacial score (nSPS) is 24.9. The number of hydrogen-bond acceptors (Lipinski definition) is 1. The van der Waals surface area contributed by atoms with Crippen molar-refractivity contribution < 1.29 is 4.79 Å². The van der Waals surface area contributed by atoms with E-state index in [0.717, 1.165) is 49.7 Å². The van der Waals surface area contributed by atoms with Crippen LogP contribution in [0, 0.1) is 18.8 Å². The fourth-order valence-electron chi connectivity index (χ4n) is 6.36. The number of fused-ring (bicyclic) bond motifs is 1. The molecule has 1 heteroatoms. The summed E-state index contributed by atoms with van der Waals surface area (Å²) in [7, 11) is 0. The maximum absolute atomic E-state index is 14.5. The van der Waals surface area contributed by atoms with Crippen LogP contribution in [0.15, 0.2) is 93.7 Å². The number of Topliss-reactive ketones (excluding diaryl/α,β-unsaturated/α-hetero) is 1. The molecule has 0 radical (unpaired) electrons. The second-order valence-corrected chi connectivity index (χ2v) is 10.9. The third kappa shape index (κ3) is 4.88. The summed E-state index contributed by atoms with van der Waals surface area (Å²) in [6.07, 6.45) is 13.0. The van der Waals surface area contributed by atoms with Gasteiger partial charge in [-0.2, -0.15) is 0 Å². The van der Waals surface area contributed by atoms with Crippen LogP contribution in [0.5, 0.6) is 0 Å². The molecular formula is C34H42O.